The second-order valence-electron chi connectivity index (χ2n) is 7.35. The van der Waals surface area contributed by atoms with Crippen LogP contribution in [0, 0.1) is 0 Å². The smallest absolute Gasteiger partial charge is 0.297 e. The van der Waals surface area contributed by atoms with E-state index in [9.17, 15) is 9.90 Å². The lowest BCUT2D eigenvalue weighted by atomic mass is 9.98. The number of carbonyl (C=O) groups is 1. The van der Waals surface area contributed by atoms with Gasteiger partial charge in [-0.15, -0.1) is 10.2 Å². The lowest BCUT2D eigenvalue weighted by molar-refractivity contribution is -0.254. The quantitative estimate of drug-likeness (QED) is 0.380. The van der Waals surface area contributed by atoms with Crippen molar-refractivity contribution in [1.29, 1.82) is 0 Å². The number of H-pyrrole nitrogens is 1. The maximum atomic E-state index is 11.7. The number of fused-ring (bicyclic) bond motifs is 1. The fourth-order valence-corrected chi connectivity index (χ4v) is 3.89. The highest BCUT2D eigenvalue weighted by atomic mass is 16.5. The van der Waals surface area contributed by atoms with Gasteiger partial charge in [-0.3, -0.25) is 4.57 Å². The number of imidazole rings is 1. The molecule has 0 bridgehead atoms. The van der Waals surface area contributed by atoms with Crippen LogP contribution in [0.4, 0.5) is 0 Å². The fourth-order valence-electron chi connectivity index (χ4n) is 3.89. The predicted octanol–water partition coefficient (Wildman–Crippen LogP) is 3.07. The first-order chi connectivity index (χ1) is 16.2. The average molecular weight is 457 g/mol. The summed E-state index contributed by atoms with van der Waals surface area (Å²) < 4.78 is 7.46. The van der Waals surface area contributed by atoms with Crippen molar-refractivity contribution >= 4 is 17.0 Å². The van der Waals surface area contributed by atoms with E-state index in [-0.39, 0.29) is 11.7 Å². The number of carboxylic acids is 1. The molecule has 172 valence electrons. The number of hydrogen-bond acceptors (Lipinski definition) is 7. The summed E-state index contributed by atoms with van der Waals surface area (Å²) >= 11 is 0. The zero-order valence-corrected chi connectivity index (χ0v) is 18.7. The number of nitrogens with zero attached hydrogens (tertiary/aromatic N) is 5. The number of benzene rings is 3. The number of carbonyl (C=O) groups excluding carboxylic acids is 1. The molecule has 0 spiro atoms. The Balaban J connectivity index is 0.00000274. The molecule has 0 unspecified atom stereocenters. The Morgan fingerprint density at radius 2 is 1.79 bits per heavy atom. The van der Waals surface area contributed by atoms with Crippen LogP contribution in [0.25, 0.3) is 33.5 Å². The van der Waals surface area contributed by atoms with Gasteiger partial charge in [0.05, 0.1) is 30.2 Å². The Morgan fingerprint density at radius 3 is 2.47 bits per heavy atom. The van der Waals surface area contributed by atoms with Gasteiger partial charge in [0, 0.05) is 11.1 Å². The first kappa shape index (κ1) is 22.6. The van der Waals surface area contributed by atoms with Gasteiger partial charge in [0.2, 0.25) is 5.82 Å². The van der Waals surface area contributed by atoms with E-state index >= 15 is 0 Å². The third-order valence-corrected chi connectivity index (χ3v) is 5.34. The molecule has 5 N–H and O–H groups in total. The molecule has 34 heavy (non-hydrogen) atoms. The van der Waals surface area contributed by atoms with Gasteiger partial charge >= 0.3 is 0 Å². The molecule has 2 heterocycles. The van der Waals surface area contributed by atoms with E-state index < -0.39 is 5.97 Å². The van der Waals surface area contributed by atoms with E-state index in [4.69, 9.17) is 4.74 Å². The summed E-state index contributed by atoms with van der Waals surface area (Å²) in [6.45, 7) is 2.66. The molecular formula is C24H23N7O3. The van der Waals surface area contributed by atoms with Crippen LogP contribution < -0.4 is 16.0 Å². The van der Waals surface area contributed by atoms with Crippen molar-refractivity contribution in [1.82, 2.24) is 36.3 Å². The molecule has 0 fully saturated rings. The van der Waals surface area contributed by atoms with Crippen molar-refractivity contribution in [2.75, 3.05) is 6.61 Å². The number of aromatic nitrogens is 6. The van der Waals surface area contributed by atoms with Crippen LogP contribution >= 0.6 is 0 Å². The maximum absolute atomic E-state index is 11.7. The standard InChI is InChI=1S/C24H20N6O3.H3N/c1-2-33-24-25-20-9-5-8-19(23(31)32)21(20)30(24)14-15-10-12-16(13-11-15)17-6-3-4-7-18(17)22-26-28-29-27-22;/h3-13H,2,14H2,1H3,(H,31,32)(H,26,27,28,29);1H3. The molecule has 0 saturated heterocycles. The minimum absolute atomic E-state index is 0. The fraction of sp³-hybridized carbons (Fsp3) is 0.125. The number of rotatable bonds is 7. The maximum Gasteiger partial charge on any atom is 0.297 e. The van der Waals surface area contributed by atoms with E-state index in [2.05, 4.69) is 25.6 Å². The van der Waals surface area contributed by atoms with Crippen LogP contribution in [0.3, 0.4) is 0 Å². The van der Waals surface area contributed by atoms with Gasteiger partial charge < -0.3 is 20.8 Å². The predicted molar refractivity (Wildman–Crippen MR) is 125 cm³/mol. The van der Waals surface area contributed by atoms with Crippen molar-refractivity contribution in [3.63, 3.8) is 0 Å². The highest BCUT2D eigenvalue weighted by Crippen LogP contribution is 2.31. The number of ether oxygens (including phenoxy) is 1. The summed E-state index contributed by atoms with van der Waals surface area (Å²) in [4.78, 5) is 16.2. The Labute approximate surface area is 194 Å². The molecule has 0 aliphatic carbocycles. The number of aromatic carboxylic acids is 1. The van der Waals surface area contributed by atoms with Gasteiger partial charge in [0.25, 0.3) is 6.01 Å². The van der Waals surface area contributed by atoms with E-state index in [1.54, 1.807) is 16.7 Å². The van der Waals surface area contributed by atoms with Crippen LogP contribution in [0.1, 0.15) is 22.8 Å². The lowest BCUT2D eigenvalue weighted by Crippen LogP contribution is -2.23. The summed E-state index contributed by atoms with van der Waals surface area (Å²) in [5, 5.41) is 26.0. The molecule has 10 nitrogen and oxygen atoms in total. The Morgan fingerprint density at radius 1 is 1.03 bits per heavy atom. The summed E-state index contributed by atoms with van der Waals surface area (Å²) in [5.74, 6) is -0.728. The third kappa shape index (κ3) is 4.09. The first-order valence-electron chi connectivity index (χ1n) is 10.4. The SMILES string of the molecule is CCOc1nc2cccc(C(=O)[O-])c2n1Cc1ccc(-c2ccccc2-c2nn[nH]n2)cc1.[NH4+]. The van der Waals surface area contributed by atoms with Crippen LogP contribution in [-0.2, 0) is 6.54 Å². The van der Waals surface area contributed by atoms with E-state index in [1.807, 2.05) is 55.5 Å². The molecule has 0 radical (unpaired) electrons. The van der Waals surface area contributed by atoms with Gasteiger partial charge in [-0.2, -0.15) is 10.2 Å². The zero-order chi connectivity index (χ0) is 22.8. The minimum atomic E-state index is -1.25. The number of carboxylic acid groups (broad SMARTS) is 1. The summed E-state index contributed by atoms with van der Waals surface area (Å²) in [5.41, 5.74) is 4.92. The topological polar surface area (TPSA) is 158 Å². The Kier molecular flexibility index (Phi) is 6.33. The molecule has 10 heteroatoms. The van der Waals surface area contributed by atoms with E-state index in [0.29, 0.717) is 36.0 Å². The highest BCUT2D eigenvalue weighted by Gasteiger charge is 2.16. The second kappa shape index (κ2) is 9.51. The van der Waals surface area contributed by atoms with Gasteiger partial charge in [-0.05, 0) is 34.9 Å². The number of hydrogen-bond donors (Lipinski definition) is 2. The van der Waals surface area contributed by atoms with Crippen molar-refractivity contribution in [2.24, 2.45) is 0 Å². The lowest BCUT2D eigenvalue weighted by Gasteiger charge is -2.13. The minimum Gasteiger partial charge on any atom is -0.545 e. The monoisotopic (exact) mass is 457 g/mol. The number of quaternary nitrogens is 1. The Bertz CT molecular complexity index is 1430. The summed E-state index contributed by atoms with van der Waals surface area (Å²) in [6, 6.07) is 21.1. The van der Waals surface area contributed by atoms with Crippen LogP contribution in [0.2, 0.25) is 0 Å². The van der Waals surface area contributed by atoms with Gasteiger partial charge in [-0.25, -0.2) is 0 Å². The van der Waals surface area contributed by atoms with Crippen molar-refractivity contribution < 1.29 is 14.6 Å². The van der Waals surface area contributed by atoms with Gasteiger partial charge in [0.15, 0.2) is 0 Å². The van der Waals surface area contributed by atoms with Gasteiger partial charge in [-0.1, -0.05) is 60.7 Å². The van der Waals surface area contributed by atoms with E-state index in [1.165, 1.54) is 6.07 Å². The molecule has 3 aromatic carbocycles. The van der Waals surface area contributed by atoms with Crippen molar-refractivity contribution in [3.05, 3.63) is 77.9 Å². The summed E-state index contributed by atoms with van der Waals surface area (Å²) in [7, 11) is 0. The average Bonchev–Trinajstić information content (AvgIpc) is 3.49. The van der Waals surface area contributed by atoms with Gasteiger partial charge in [0.1, 0.15) is 0 Å². The van der Waals surface area contributed by atoms with Crippen molar-refractivity contribution in [3.8, 4) is 28.5 Å². The van der Waals surface area contributed by atoms with Crippen LogP contribution in [-0.4, -0.2) is 42.8 Å². The summed E-state index contributed by atoms with van der Waals surface area (Å²) in [6.07, 6.45) is 0. The zero-order valence-electron chi connectivity index (χ0n) is 18.7. The van der Waals surface area contributed by atoms with E-state index in [0.717, 1.165) is 22.3 Å². The number of nitrogens with one attached hydrogen (secondary N) is 1. The molecule has 0 atom stereocenters. The molecule has 0 saturated carbocycles. The molecule has 0 aliphatic rings. The highest BCUT2D eigenvalue weighted by molar-refractivity contribution is 6.00. The molecule has 5 aromatic rings. The number of para-hydroxylation sites is 1. The first-order valence-corrected chi connectivity index (χ1v) is 10.4. The number of aromatic amines is 1. The van der Waals surface area contributed by atoms with Crippen LogP contribution in [0.5, 0.6) is 6.01 Å². The molecule has 2 aromatic heterocycles. The van der Waals surface area contributed by atoms with Crippen molar-refractivity contribution in [2.45, 2.75) is 13.5 Å². The molecule has 5 rings (SSSR count). The van der Waals surface area contributed by atoms with Crippen LogP contribution in [0.15, 0.2) is 66.7 Å². The largest absolute Gasteiger partial charge is 0.545 e. The Hall–Kier alpha value is -4.57. The third-order valence-electron chi connectivity index (χ3n) is 5.34. The molecule has 0 aliphatic heterocycles. The number of tetrazole rings is 1. The normalized spacial score (nSPS) is 10.7. The second-order valence-corrected chi connectivity index (χ2v) is 7.35. The molecular weight excluding hydrogens is 434 g/mol. The molecule has 0 amide bonds.